The standard InChI is InChI=1S/C8H18N2/c1-4-6-8(9-3)7-10-5-2/h7,9-10H,4-6H2,1-3H3/b8-7-. The topological polar surface area (TPSA) is 24.1 Å². The normalized spacial score (nSPS) is 11.3. The molecule has 0 aliphatic heterocycles. The van der Waals surface area contributed by atoms with Crippen LogP contribution in [0.1, 0.15) is 26.7 Å². The molecule has 0 aromatic carbocycles. The van der Waals surface area contributed by atoms with Gasteiger partial charge in [-0.3, -0.25) is 0 Å². The molecule has 2 nitrogen and oxygen atoms in total. The highest BCUT2D eigenvalue weighted by Gasteiger charge is 1.88. The molecule has 0 aliphatic carbocycles. The molecule has 0 heterocycles. The highest BCUT2D eigenvalue weighted by Crippen LogP contribution is 1.96. The van der Waals surface area contributed by atoms with E-state index in [9.17, 15) is 0 Å². The summed E-state index contributed by atoms with van der Waals surface area (Å²) in [5.41, 5.74) is 1.28. The van der Waals surface area contributed by atoms with E-state index < -0.39 is 0 Å². The van der Waals surface area contributed by atoms with E-state index >= 15 is 0 Å². The number of hydrogen-bond donors (Lipinski definition) is 2. The van der Waals surface area contributed by atoms with Gasteiger partial charge in [0.25, 0.3) is 0 Å². The Balaban J connectivity index is 3.55. The molecule has 0 aromatic rings. The van der Waals surface area contributed by atoms with Crippen molar-refractivity contribution in [1.82, 2.24) is 10.6 Å². The van der Waals surface area contributed by atoms with Gasteiger partial charge in [-0.25, -0.2) is 0 Å². The van der Waals surface area contributed by atoms with Crippen molar-refractivity contribution in [3.8, 4) is 0 Å². The zero-order valence-corrected chi connectivity index (χ0v) is 7.20. The van der Waals surface area contributed by atoms with Crippen molar-refractivity contribution < 1.29 is 0 Å². The highest BCUT2D eigenvalue weighted by molar-refractivity contribution is 4.96. The molecule has 0 saturated carbocycles. The van der Waals surface area contributed by atoms with Crippen LogP contribution in [0, 0.1) is 0 Å². The summed E-state index contributed by atoms with van der Waals surface area (Å²) in [6, 6.07) is 0. The summed E-state index contributed by atoms with van der Waals surface area (Å²) in [5.74, 6) is 0. The second-order valence-corrected chi connectivity index (χ2v) is 2.23. The first-order chi connectivity index (χ1) is 4.85. The van der Waals surface area contributed by atoms with Gasteiger partial charge in [-0.05, 0) is 13.3 Å². The number of allylic oxidation sites excluding steroid dienone is 1. The summed E-state index contributed by atoms with van der Waals surface area (Å²) in [6.45, 7) is 5.27. The van der Waals surface area contributed by atoms with Crippen molar-refractivity contribution in [2.45, 2.75) is 26.7 Å². The molecule has 0 bridgehead atoms. The molecule has 60 valence electrons. The van der Waals surface area contributed by atoms with E-state index in [1.54, 1.807) is 0 Å². The van der Waals surface area contributed by atoms with Gasteiger partial charge in [0, 0.05) is 25.5 Å². The fraction of sp³-hybridized carbons (Fsp3) is 0.750. The molecular formula is C8H18N2. The molecule has 0 amide bonds. The third-order valence-corrected chi connectivity index (χ3v) is 1.32. The Kier molecular flexibility index (Phi) is 6.03. The lowest BCUT2D eigenvalue weighted by atomic mass is 10.3. The Morgan fingerprint density at radius 3 is 2.50 bits per heavy atom. The van der Waals surface area contributed by atoms with Crippen molar-refractivity contribution in [1.29, 1.82) is 0 Å². The molecule has 0 atom stereocenters. The fourth-order valence-electron chi connectivity index (χ4n) is 0.764. The average Bonchev–Trinajstić information content (AvgIpc) is 1.98. The third kappa shape index (κ3) is 4.24. The molecule has 0 aliphatic rings. The SMILES string of the molecule is CCC/C(=C/NCC)NC. The van der Waals surface area contributed by atoms with Crippen molar-refractivity contribution in [3.05, 3.63) is 11.9 Å². The van der Waals surface area contributed by atoms with Crippen LogP contribution < -0.4 is 10.6 Å². The first-order valence-electron chi connectivity index (χ1n) is 3.95. The molecule has 0 unspecified atom stereocenters. The van der Waals surface area contributed by atoms with E-state index in [-0.39, 0.29) is 0 Å². The van der Waals surface area contributed by atoms with Crippen molar-refractivity contribution in [2.75, 3.05) is 13.6 Å². The van der Waals surface area contributed by atoms with E-state index in [0.29, 0.717) is 0 Å². The van der Waals surface area contributed by atoms with Crippen LogP contribution in [0.25, 0.3) is 0 Å². The minimum atomic E-state index is 0.995. The number of nitrogens with one attached hydrogen (secondary N) is 2. The van der Waals surface area contributed by atoms with E-state index in [0.717, 1.165) is 13.0 Å². The first kappa shape index (κ1) is 9.34. The second kappa shape index (κ2) is 6.46. The van der Waals surface area contributed by atoms with Crippen LogP contribution in [0.5, 0.6) is 0 Å². The van der Waals surface area contributed by atoms with Crippen LogP contribution in [0.2, 0.25) is 0 Å². The zero-order chi connectivity index (χ0) is 7.82. The first-order valence-corrected chi connectivity index (χ1v) is 3.95. The molecule has 0 saturated heterocycles. The Hall–Kier alpha value is -0.660. The van der Waals surface area contributed by atoms with Gasteiger partial charge in [0.05, 0.1) is 0 Å². The van der Waals surface area contributed by atoms with E-state index in [2.05, 4.69) is 24.5 Å². The van der Waals surface area contributed by atoms with E-state index in [1.165, 1.54) is 12.1 Å². The van der Waals surface area contributed by atoms with E-state index in [1.807, 2.05) is 13.2 Å². The quantitative estimate of drug-likeness (QED) is 0.607. The Labute approximate surface area is 63.7 Å². The Bertz CT molecular complexity index is 97.4. The zero-order valence-electron chi connectivity index (χ0n) is 7.20. The van der Waals surface area contributed by atoms with Gasteiger partial charge >= 0.3 is 0 Å². The van der Waals surface area contributed by atoms with Gasteiger partial charge in [-0.15, -0.1) is 0 Å². The van der Waals surface area contributed by atoms with Crippen LogP contribution in [0.15, 0.2) is 11.9 Å². The minimum Gasteiger partial charge on any atom is -0.390 e. The maximum atomic E-state index is 3.16. The number of rotatable bonds is 5. The number of hydrogen-bond acceptors (Lipinski definition) is 2. The maximum absolute atomic E-state index is 3.16. The Morgan fingerprint density at radius 2 is 2.10 bits per heavy atom. The molecule has 0 radical (unpaired) electrons. The summed E-state index contributed by atoms with van der Waals surface area (Å²) in [5, 5.41) is 6.30. The summed E-state index contributed by atoms with van der Waals surface area (Å²) in [7, 11) is 1.96. The average molecular weight is 142 g/mol. The molecule has 2 N–H and O–H groups in total. The summed E-state index contributed by atoms with van der Waals surface area (Å²) < 4.78 is 0. The van der Waals surface area contributed by atoms with Crippen LogP contribution in [0.3, 0.4) is 0 Å². The van der Waals surface area contributed by atoms with Crippen LogP contribution in [-0.4, -0.2) is 13.6 Å². The van der Waals surface area contributed by atoms with Gasteiger partial charge in [0.1, 0.15) is 0 Å². The predicted molar refractivity (Wildman–Crippen MR) is 45.7 cm³/mol. The Morgan fingerprint density at radius 1 is 1.40 bits per heavy atom. The van der Waals surface area contributed by atoms with E-state index in [4.69, 9.17) is 0 Å². The van der Waals surface area contributed by atoms with Crippen LogP contribution >= 0.6 is 0 Å². The molecule has 0 aromatic heterocycles. The van der Waals surface area contributed by atoms with Gasteiger partial charge < -0.3 is 10.6 Å². The molecular weight excluding hydrogens is 124 g/mol. The molecule has 2 heteroatoms. The largest absolute Gasteiger partial charge is 0.390 e. The summed E-state index contributed by atoms with van der Waals surface area (Å²) in [6.07, 6.45) is 4.37. The second-order valence-electron chi connectivity index (χ2n) is 2.23. The van der Waals surface area contributed by atoms with Crippen molar-refractivity contribution in [3.63, 3.8) is 0 Å². The lowest BCUT2D eigenvalue weighted by Crippen LogP contribution is -2.12. The van der Waals surface area contributed by atoms with Gasteiger partial charge in [0.2, 0.25) is 0 Å². The summed E-state index contributed by atoms with van der Waals surface area (Å²) in [4.78, 5) is 0. The summed E-state index contributed by atoms with van der Waals surface area (Å²) >= 11 is 0. The molecule has 0 rings (SSSR count). The highest BCUT2D eigenvalue weighted by atomic mass is 14.9. The van der Waals surface area contributed by atoms with Crippen molar-refractivity contribution in [2.24, 2.45) is 0 Å². The smallest absolute Gasteiger partial charge is 0.0263 e. The molecule has 0 fully saturated rings. The maximum Gasteiger partial charge on any atom is 0.0263 e. The lowest BCUT2D eigenvalue weighted by Gasteiger charge is -2.04. The van der Waals surface area contributed by atoms with Gasteiger partial charge in [-0.2, -0.15) is 0 Å². The minimum absolute atomic E-state index is 0.995. The predicted octanol–water partition coefficient (Wildman–Crippen LogP) is 1.46. The fourth-order valence-corrected chi connectivity index (χ4v) is 0.764. The lowest BCUT2D eigenvalue weighted by molar-refractivity contribution is 0.785. The van der Waals surface area contributed by atoms with Crippen molar-refractivity contribution >= 4 is 0 Å². The molecule has 10 heavy (non-hydrogen) atoms. The van der Waals surface area contributed by atoms with Gasteiger partial charge in [0.15, 0.2) is 0 Å². The van der Waals surface area contributed by atoms with Gasteiger partial charge in [-0.1, -0.05) is 13.3 Å². The third-order valence-electron chi connectivity index (χ3n) is 1.32. The van der Waals surface area contributed by atoms with Crippen LogP contribution in [-0.2, 0) is 0 Å². The van der Waals surface area contributed by atoms with Crippen LogP contribution in [0.4, 0.5) is 0 Å². The monoisotopic (exact) mass is 142 g/mol. The molecule has 0 spiro atoms.